The van der Waals surface area contributed by atoms with Gasteiger partial charge in [0.1, 0.15) is 6.04 Å². The van der Waals surface area contributed by atoms with E-state index in [1.54, 1.807) is 48.1 Å². The molecule has 150 valence electrons. The van der Waals surface area contributed by atoms with Crippen molar-refractivity contribution in [1.82, 2.24) is 10.0 Å². The van der Waals surface area contributed by atoms with Crippen LogP contribution in [0.4, 0.5) is 5.69 Å². The van der Waals surface area contributed by atoms with Gasteiger partial charge in [0.05, 0.1) is 0 Å². The molecule has 2 aromatic carbocycles. The van der Waals surface area contributed by atoms with Gasteiger partial charge < -0.3 is 19.4 Å². The largest absolute Gasteiger partial charge is 0.454 e. The Morgan fingerprint density at radius 2 is 1.97 bits per heavy atom. The summed E-state index contributed by atoms with van der Waals surface area (Å²) >= 11 is 0. The van der Waals surface area contributed by atoms with Crippen LogP contribution >= 0.6 is 0 Å². The van der Waals surface area contributed by atoms with Gasteiger partial charge in [0.25, 0.3) is 11.8 Å². The molecular formula is C21H21N3O5. The van der Waals surface area contributed by atoms with E-state index in [1.807, 2.05) is 17.6 Å². The number of anilines is 1. The highest BCUT2D eigenvalue weighted by atomic mass is 16.7. The van der Waals surface area contributed by atoms with Crippen molar-refractivity contribution in [1.29, 1.82) is 0 Å². The molecule has 1 aliphatic heterocycles. The Labute approximate surface area is 167 Å². The maximum Gasteiger partial charge on any atom is 0.266 e. The normalized spacial score (nSPS) is 13.3. The molecule has 0 radical (unpaired) electrons. The molecule has 0 aliphatic carbocycles. The van der Waals surface area contributed by atoms with Crippen LogP contribution in [-0.4, -0.2) is 28.4 Å². The van der Waals surface area contributed by atoms with Crippen molar-refractivity contribution in [2.75, 3.05) is 12.1 Å². The van der Waals surface area contributed by atoms with E-state index in [-0.39, 0.29) is 12.7 Å². The minimum Gasteiger partial charge on any atom is -0.454 e. The zero-order valence-electron chi connectivity index (χ0n) is 15.8. The van der Waals surface area contributed by atoms with E-state index < -0.39 is 11.9 Å². The molecule has 0 fully saturated rings. The molecule has 8 heteroatoms. The lowest BCUT2D eigenvalue weighted by atomic mass is 10.1. The standard InChI is InChI=1S/C21H21N3O5/c1-2-3-17(21(26)23-27)24-9-8-13-10-14(4-6-16(13)24)20(25)22-15-5-7-18-19(11-15)29-12-28-18/h4-11,17,27H,2-3,12H2,1H3,(H,22,25)(H,23,26). The van der Waals surface area contributed by atoms with Crippen LogP contribution in [0.1, 0.15) is 36.2 Å². The average Bonchev–Trinajstić information content (AvgIpc) is 3.37. The summed E-state index contributed by atoms with van der Waals surface area (Å²) in [5, 5.41) is 12.7. The fraction of sp³-hybridized carbons (Fsp3) is 0.238. The molecule has 4 rings (SSSR count). The van der Waals surface area contributed by atoms with Crippen molar-refractivity contribution in [3.63, 3.8) is 0 Å². The maximum atomic E-state index is 12.7. The summed E-state index contributed by atoms with van der Waals surface area (Å²) in [4.78, 5) is 24.7. The molecule has 0 saturated carbocycles. The van der Waals surface area contributed by atoms with Crippen molar-refractivity contribution in [2.24, 2.45) is 0 Å². The molecule has 3 aromatic rings. The maximum absolute atomic E-state index is 12.7. The Morgan fingerprint density at radius 3 is 2.76 bits per heavy atom. The number of ether oxygens (including phenoxy) is 2. The summed E-state index contributed by atoms with van der Waals surface area (Å²) in [5.74, 6) is 0.532. The zero-order valence-corrected chi connectivity index (χ0v) is 15.8. The lowest BCUT2D eigenvalue weighted by Gasteiger charge is -2.17. The first-order valence-corrected chi connectivity index (χ1v) is 9.36. The molecule has 0 spiro atoms. The molecule has 29 heavy (non-hydrogen) atoms. The van der Waals surface area contributed by atoms with Gasteiger partial charge in [0, 0.05) is 34.4 Å². The summed E-state index contributed by atoms with van der Waals surface area (Å²) < 4.78 is 12.4. The van der Waals surface area contributed by atoms with Gasteiger partial charge >= 0.3 is 0 Å². The molecule has 0 saturated heterocycles. The van der Waals surface area contributed by atoms with E-state index in [9.17, 15) is 9.59 Å². The number of nitrogens with zero attached hydrogens (tertiary/aromatic N) is 1. The Hall–Kier alpha value is -3.52. The number of aromatic nitrogens is 1. The van der Waals surface area contributed by atoms with Crippen LogP contribution in [0.3, 0.4) is 0 Å². The SMILES string of the molecule is CCCC(C(=O)NO)n1ccc2cc(C(=O)Nc3ccc4c(c3)OCO4)ccc21. The lowest BCUT2D eigenvalue weighted by molar-refractivity contribution is -0.132. The number of carbonyl (C=O) groups excluding carboxylic acids is 2. The van der Waals surface area contributed by atoms with Crippen molar-refractivity contribution in [3.05, 3.63) is 54.2 Å². The first kappa shape index (κ1) is 18.8. The van der Waals surface area contributed by atoms with Crippen molar-refractivity contribution >= 4 is 28.4 Å². The quantitative estimate of drug-likeness (QED) is 0.438. The molecule has 2 amide bonds. The van der Waals surface area contributed by atoms with Crippen LogP contribution in [0.2, 0.25) is 0 Å². The number of hydrogen-bond donors (Lipinski definition) is 3. The summed E-state index contributed by atoms with van der Waals surface area (Å²) in [7, 11) is 0. The first-order valence-electron chi connectivity index (χ1n) is 9.36. The Bertz CT molecular complexity index is 1080. The van der Waals surface area contributed by atoms with Crippen LogP contribution in [0, 0.1) is 0 Å². The predicted octanol–water partition coefficient (Wildman–Crippen LogP) is 3.47. The molecule has 3 N–H and O–H groups in total. The minimum absolute atomic E-state index is 0.174. The predicted molar refractivity (Wildman–Crippen MR) is 106 cm³/mol. The van der Waals surface area contributed by atoms with Crippen molar-refractivity contribution in [2.45, 2.75) is 25.8 Å². The number of hydrogen-bond acceptors (Lipinski definition) is 5. The Kier molecular flexibility index (Phi) is 5.09. The number of amides is 2. The number of carbonyl (C=O) groups is 2. The number of fused-ring (bicyclic) bond motifs is 2. The second-order valence-corrected chi connectivity index (χ2v) is 6.80. The number of hydroxylamine groups is 1. The van der Waals surface area contributed by atoms with Gasteiger partial charge in [-0.05, 0) is 42.8 Å². The third-order valence-corrected chi connectivity index (χ3v) is 4.92. The third-order valence-electron chi connectivity index (χ3n) is 4.92. The van der Waals surface area contributed by atoms with E-state index >= 15 is 0 Å². The summed E-state index contributed by atoms with van der Waals surface area (Å²) in [6.07, 6.45) is 3.16. The molecule has 1 aliphatic rings. The van der Waals surface area contributed by atoms with Gasteiger partial charge in [-0.3, -0.25) is 14.8 Å². The Morgan fingerprint density at radius 1 is 1.14 bits per heavy atom. The molecule has 2 heterocycles. The molecular weight excluding hydrogens is 374 g/mol. The first-order chi connectivity index (χ1) is 14.1. The van der Waals surface area contributed by atoms with Gasteiger partial charge in [-0.1, -0.05) is 13.3 Å². The van der Waals surface area contributed by atoms with Crippen molar-refractivity contribution in [3.8, 4) is 11.5 Å². The molecule has 1 atom stereocenters. The van der Waals surface area contributed by atoms with Gasteiger partial charge in [-0.25, -0.2) is 5.48 Å². The van der Waals surface area contributed by atoms with Crippen LogP contribution in [0.5, 0.6) is 11.5 Å². The average molecular weight is 395 g/mol. The highest BCUT2D eigenvalue weighted by Gasteiger charge is 2.21. The molecule has 0 bridgehead atoms. The van der Waals surface area contributed by atoms with Crippen LogP contribution in [0.15, 0.2) is 48.7 Å². The smallest absolute Gasteiger partial charge is 0.266 e. The molecule has 8 nitrogen and oxygen atoms in total. The van der Waals surface area contributed by atoms with E-state index in [4.69, 9.17) is 14.7 Å². The lowest BCUT2D eigenvalue weighted by Crippen LogP contribution is -2.29. The zero-order chi connectivity index (χ0) is 20.4. The third kappa shape index (κ3) is 3.62. The van der Waals surface area contributed by atoms with Crippen LogP contribution in [-0.2, 0) is 4.79 Å². The van der Waals surface area contributed by atoms with E-state index in [0.717, 1.165) is 17.3 Å². The summed E-state index contributed by atoms with van der Waals surface area (Å²) in [6, 6.07) is 11.8. The van der Waals surface area contributed by atoms with Gasteiger partial charge in [0.2, 0.25) is 6.79 Å². The van der Waals surface area contributed by atoms with Crippen LogP contribution < -0.4 is 20.3 Å². The van der Waals surface area contributed by atoms with E-state index in [1.165, 1.54) is 0 Å². The van der Waals surface area contributed by atoms with Gasteiger partial charge in [0.15, 0.2) is 11.5 Å². The van der Waals surface area contributed by atoms with E-state index in [0.29, 0.717) is 29.2 Å². The second-order valence-electron chi connectivity index (χ2n) is 6.80. The summed E-state index contributed by atoms with van der Waals surface area (Å²) in [6.45, 7) is 2.15. The van der Waals surface area contributed by atoms with Gasteiger partial charge in [-0.2, -0.15) is 0 Å². The molecule has 1 unspecified atom stereocenters. The summed E-state index contributed by atoms with van der Waals surface area (Å²) in [5.41, 5.74) is 3.65. The Balaban J connectivity index is 1.57. The van der Waals surface area contributed by atoms with Crippen molar-refractivity contribution < 1.29 is 24.3 Å². The molecule has 1 aromatic heterocycles. The number of rotatable bonds is 6. The van der Waals surface area contributed by atoms with Crippen LogP contribution in [0.25, 0.3) is 10.9 Å². The van der Waals surface area contributed by atoms with Gasteiger partial charge in [-0.15, -0.1) is 0 Å². The highest BCUT2D eigenvalue weighted by molar-refractivity contribution is 6.06. The highest BCUT2D eigenvalue weighted by Crippen LogP contribution is 2.34. The number of benzene rings is 2. The topological polar surface area (TPSA) is 102 Å². The van der Waals surface area contributed by atoms with E-state index in [2.05, 4.69) is 5.32 Å². The number of nitrogens with one attached hydrogen (secondary N) is 2. The second kappa shape index (κ2) is 7.84. The fourth-order valence-electron chi connectivity index (χ4n) is 3.50. The monoisotopic (exact) mass is 395 g/mol. The fourth-order valence-corrected chi connectivity index (χ4v) is 3.50. The minimum atomic E-state index is -0.518.